The van der Waals surface area contributed by atoms with Gasteiger partial charge in [-0.15, -0.1) is 0 Å². The van der Waals surface area contributed by atoms with Gasteiger partial charge in [-0.2, -0.15) is 0 Å². The molecule has 0 bridgehead atoms. The molecule has 1 N–H and O–H groups in total. The summed E-state index contributed by atoms with van der Waals surface area (Å²) >= 11 is 0. The molecule has 2 aliphatic rings. The Kier molecular flexibility index (Phi) is 7.27. The molecule has 0 spiro atoms. The van der Waals surface area contributed by atoms with Crippen molar-refractivity contribution in [3.63, 3.8) is 0 Å². The minimum Gasteiger partial charge on any atom is -0.392 e. The standard InChI is InChI=1S/C17H32N2O4/c1-13(2)16(23-12-15-5-4-10-22-15)17(21)19-8-6-18(7-9-19)11-14(3)20/h13-16,20H,4-12H2,1-3H3/t14-,15-,16-/m0/s1. The number of nitrogens with zero attached hydrogens (tertiary/aromatic N) is 2. The molecule has 2 heterocycles. The smallest absolute Gasteiger partial charge is 0.252 e. The number of carbonyl (C=O) groups is 1. The van der Waals surface area contributed by atoms with Crippen LogP contribution in [0.3, 0.4) is 0 Å². The lowest BCUT2D eigenvalue weighted by molar-refractivity contribution is -0.151. The highest BCUT2D eigenvalue weighted by atomic mass is 16.5. The van der Waals surface area contributed by atoms with Crippen LogP contribution in [-0.4, -0.2) is 85.1 Å². The van der Waals surface area contributed by atoms with Crippen molar-refractivity contribution in [3.05, 3.63) is 0 Å². The van der Waals surface area contributed by atoms with Gasteiger partial charge in [0.15, 0.2) is 0 Å². The monoisotopic (exact) mass is 328 g/mol. The number of amides is 1. The Labute approximate surface area is 139 Å². The van der Waals surface area contributed by atoms with E-state index >= 15 is 0 Å². The lowest BCUT2D eigenvalue weighted by Gasteiger charge is -2.37. The Morgan fingerprint density at radius 2 is 1.96 bits per heavy atom. The van der Waals surface area contributed by atoms with Crippen molar-refractivity contribution in [3.8, 4) is 0 Å². The van der Waals surface area contributed by atoms with Crippen LogP contribution in [0.4, 0.5) is 0 Å². The van der Waals surface area contributed by atoms with Gasteiger partial charge < -0.3 is 19.5 Å². The van der Waals surface area contributed by atoms with E-state index in [9.17, 15) is 9.90 Å². The van der Waals surface area contributed by atoms with Crippen LogP contribution in [0.5, 0.6) is 0 Å². The number of hydrogen-bond donors (Lipinski definition) is 1. The van der Waals surface area contributed by atoms with Crippen LogP contribution in [0.2, 0.25) is 0 Å². The van der Waals surface area contributed by atoms with Crippen molar-refractivity contribution >= 4 is 5.91 Å². The van der Waals surface area contributed by atoms with Crippen LogP contribution in [0.25, 0.3) is 0 Å². The van der Waals surface area contributed by atoms with E-state index in [1.165, 1.54) is 0 Å². The van der Waals surface area contributed by atoms with E-state index < -0.39 is 0 Å². The van der Waals surface area contributed by atoms with Gasteiger partial charge >= 0.3 is 0 Å². The maximum atomic E-state index is 12.8. The maximum Gasteiger partial charge on any atom is 0.252 e. The number of aliphatic hydroxyl groups excluding tert-OH is 1. The van der Waals surface area contributed by atoms with Crippen LogP contribution in [0.15, 0.2) is 0 Å². The summed E-state index contributed by atoms with van der Waals surface area (Å²) in [7, 11) is 0. The minimum atomic E-state index is -0.387. The molecule has 0 aromatic rings. The fourth-order valence-electron chi connectivity index (χ4n) is 3.24. The zero-order chi connectivity index (χ0) is 16.8. The second-order valence-electron chi connectivity index (χ2n) is 7.11. The third-order valence-electron chi connectivity index (χ3n) is 4.54. The Morgan fingerprint density at radius 3 is 2.48 bits per heavy atom. The van der Waals surface area contributed by atoms with Gasteiger partial charge in [-0.05, 0) is 25.7 Å². The van der Waals surface area contributed by atoms with E-state index in [2.05, 4.69) is 4.90 Å². The molecule has 6 heteroatoms. The largest absolute Gasteiger partial charge is 0.392 e. The van der Waals surface area contributed by atoms with Gasteiger partial charge in [0.1, 0.15) is 6.10 Å². The normalized spacial score (nSPS) is 25.8. The second-order valence-corrected chi connectivity index (χ2v) is 7.11. The molecule has 2 saturated heterocycles. The maximum absolute atomic E-state index is 12.8. The molecule has 0 aromatic carbocycles. The third kappa shape index (κ3) is 5.71. The molecule has 3 atom stereocenters. The van der Waals surface area contributed by atoms with Gasteiger partial charge in [0.25, 0.3) is 5.91 Å². The summed E-state index contributed by atoms with van der Waals surface area (Å²) in [6.45, 7) is 10.9. The topological polar surface area (TPSA) is 62.2 Å². The Bertz CT molecular complexity index is 362. The minimum absolute atomic E-state index is 0.0923. The number of ether oxygens (including phenoxy) is 2. The van der Waals surface area contributed by atoms with E-state index in [1.54, 1.807) is 6.92 Å². The molecule has 0 aliphatic carbocycles. The van der Waals surface area contributed by atoms with Crippen molar-refractivity contribution < 1.29 is 19.4 Å². The molecule has 0 radical (unpaired) electrons. The third-order valence-corrected chi connectivity index (χ3v) is 4.54. The van der Waals surface area contributed by atoms with E-state index in [-0.39, 0.29) is 30.1 Å². The van der Waals surface area contributed by atoms with Gasteiger partial charge in [0.2, 0.25) is 0 Å². The van der Waals surface area contributed by atoms with Crippen LogP contribution in [0.1, 0.15) is 33.6 Å². The van der Waals surface area contributed by atoms with Gasteiger partial charge in [-0.25, -0.2) is 0 Å². The number of carbonyl (C=O) groups excluding carboxylic acids is 1. The molecule has 6 nitrogen and oxygen atoms in total. The highest BCUT2D eigenvalue weighted by Gasteiger charge is 2.31. The highest BCUT2D eigenvalue weighted by molar-refractivity contribution is 5.81. The molecule has 2 rings (SSSR count). The summed E-state index contributed by atoms with van der Waals surface area (Å²) in [6.07, 6.45) is 1.54. The molecule has 134 valence electrons. The fraction of sp³-hybridized carbons (Fsp3) is 0.941. The van der Waals surface area contributed by atoms with Crippen molar-refractivity contribution in [2.24, 2.45) is 5.92 Å². The zero-order valence-electron chi connectivity index (χ0n) is 14.7. The average molecular weight is 328 g/mol. The number of β-amino-alcohol motifs (C(OH)–C–C–N with tert-alkyl or cyclic N) is 1. The van der Waals surface area contributed by atoms with Crippen LogP contribution < -0.4 is 0 Å². The predicted molar refractivity (Wildman–Crippen MR) is 88.3 cm³/mol. The molecule has 2 aliphatic heterocycles. The molecular formula is C17H32N2O4. The Balaban J connectivity index is 1.80. The van der Waals surface area contributed by atoms with Crippen LogP contribution in [-0.2, 0) is 14.3 Å². The van der Waals surface area contributed by atoms with Gasteiger partial charge in [-0.3, -0.25) is 9.69 Å². The summed E-state index contributed by atoms with van der Waals surface area (Å²) in [5, 5.41) is 9.46. The average Bonchev–Trinajstić information content (AvgIpc) is 3.00. The first kappa shape index (κ1) is 18.6. The molecule has 2 fully saturated rings. The Hall–Kier alpha value is -0.690. The molecular weight excluding hydrogens is 296 g/mol. The number of hydrogen-bond acceptors (Lipinski definition) is 5. The van der Waals surface area contributed by atoms with E-state index in [4.69, 9.17) is 9.47 Å². The van der Waals surface area contributed by atoms with Crippen molar-refractivity contribution in [1.82, 2.24) is 9.80 Å². The second kappa shape index (κ2) is 8.97. The summed E-state index contributed by atoms with van der Waals surface area (Å²) in [4.78, 5) is 16.9. The van der Waals surface area contributed by atoms with Gasteiger partial charge in [0.05, 0.1) is 18.8 Å². The molecule has 23 heavy (non-hydrogen) atoms. The lowest BCUT2D eigenvalue weighted by atomic mass is 10.1. The van der Waals surface area contributed by atoms with Crippen LogP contribution >= 0.6 is 0 Å². The lowest BCUT2D eigenvalue weighted by Crippen LogP contribution is -2.53. The quantitative estimate of drug-likeness (QED) is 0.747. The van der Waals surface area contributed by atoms with Crippen molar-refractivity contribution in [1.29, 1.82) is 0 Å². The number of rotatable bonds is 7. The summed E-state index contributed by atoms with van der Waals surface area (Å²) < 4.78 is 11.5. The van der Waals surface area contributed by atoms with E-state index in [0.717, 1.165) is 32.5 Å². The number of piperazine rings is 1. The van der Waals surface area contributed by atoms with Crippen molar-refractivity contribution in [2.75, 3.05) is 45.9 Å². The SMILES string of the molecule is CC(C)[C@H](OC[C@@H]1CCCO1)C(=O)N1CCN(C[C@H](C)O)CC1. The molecule has 0 aromatic heterocycles. The highest BCUT2D eigenvalue weighted by Crippen LogP contribution is 2.17. The first-order valence-electron chi connectivity index (χ1n) is 8.89. The predicted octanol–water partition coefficient (Wildman–Crippen LogP) is 0.732. The molecule has 0 unspecified atom stereocenters. The fourth-order valence-corrected chi connectivity index (χ4v) is 3.24. The Morgan fingerprint density at radius 1 is 1.26 bits per heavy atom. The van der Waals surface area contributed by atoms with Crippen molar-refractivity contribution in [2.45, 2.75) is 51.9 Å². The zero-order valence-corrected chi connectivity index (χ0v) is 14.7. The van der Waals surface area contributed by atoms with Crippen LogP contribution in [0, 0.1) is 5.92 Å². The first-order valence-corrected chi connectivity index (χ1v) is 8.89. The molecule has 0 saturated carbocycles. The van der Waals surface area contributed by atoms with Gasteiger partial charge in [0, 0.05) is 39.3 Å². The summed E-state index contributed by atoms with van der Waals surface area (Å²) in [5.74, 6) is 0.245. The summed E-state index contributed by atoms with van der Waals surface area (Å²) in [5.41, 5.74) is 0. The summed E-state index contributed by atoms with van der Waals surface area (Å²) in [6, 6.07) is 0. The van der Waals surface area contributed by atoms with E-state index in [1.807, 2.05) is 18.7 Å². The van der Waals surface area contributed by atoms with E-state index in [0.29, 0.717) is 26.2 Å². The first-order chi connectivity index (χ1) is 11.0. The van der Waals surface area contributed by atoms with Gasteiger partial charge in [-0.1, -0.05) is 13.8 Å². The number of aliphatic hydroxyl groups is 1. The molecule has 1 amide bonds.